The van der Waals surface area contributed by atoms with Crippen LogP contribution in [0.2, 0.25) is 0 Å². The lowest BCUT2D eigenvalue weighted by molar-refractivity contribution is 0.701. The Kier molecular flexibility index (Phi) is 3.81. The second-order valence-corrected chi connectivity index (χ2v) is 6.47. The first-order valence-electron chi connectivity index (χ1n) is 8.56. The molecule has 5 nitrogen and oxygen atoms in total. The highest BCUT2D eigenvalue weighted by Gasteiger charge is 2.20. The van der Waals surface area contributed by atoms with Gasteiger partial charge in [-0.05, 0) is 49.7 Å². The van der Waals surface area contributed by atoms with E-state index in [1.54, 1.807) is 0 Å². The molecular formula is C21H19N5. The van der Waals surface area contributed by atoms with Crippen molar-refractivity contribution in [1.82, 2.24) is 14.4 Å². The molecule has 0 fully saturated rings. The van der Waals surface area contributed by atoms with Crippen LogP contribution in [0.3, 0.4) is 0 Å². The largest absolute Gasteiger partial charge is 0.352 e. The molecule has 128 valence electrons. The van der Waals surface area contributed by atoms with Crippen LogP contribution in [0.1, 0.15) is 29.8 Å². The summed E-state index contributed by atoms with van der Waals surface area (Å²) in [5, 5.41) is 9.63. The molecule has 1 aromatic carbocycles. The predicted octanol–water partition coefficient (Wildman–Crippen LogP) is 4.26. The second-order valence-electron chi connectivity index (χ2n) is 6.47. The molecule has 0 aliphatic carbocycles. The number of hydrogen-bond acceptors (Lipinski definition) is 4. The van der Waals surface area contributed by atoms with Crippen molar-refractivity contribution < 1.29 is 0 Å². The van der Waals surface area contributed by atoms with Crippen molar-refractivity contribution in [3.63, 3.8) is 0 Å². The van der Waals surface area contributed by atoms with Crippen molar-refractivity contribution >= 4 is 22.5 Å². The maximum Gasteiger partial charge on any atom is 0.157 e. The maximum atomic E-state index is 9.63. The molecule has 0 aliphatic heterocycles. The summed E-state index contributed by atoms with van der Waals surface area (Å²) in [7, 11) is 2.05. The topological polar surface area (TPSA) is 57.2 Å². The number of rotatable bonds is 3. The molecule has 1 unspecified atom stereocenters. The van der Waals surface area contributed by atoms with Gasteiger partial charge in [-0.3, -0.25) is 9.38 Å². The zero-order valence-corrected chi connectivity index (χ0v) is 15.0. The molecule has 0 amide bonds. The maximum absolute atomic E-state index is 9.63. The lowest BCUT2D eigenvalue weighted by atomic mass is 10.1. The quantitative estimate of drug-likeness (QED) is 0.559. The van der Waals surface area contributed by atoms with Crippen LogP contribution in [0, 0.1) is 18.3 Å². The molecule has 0 radical (unpaired) electrons. The van der Waals surface area contributed by atoms with Gasteiger partial charge >= 0.3 is 0 Å². The van der Waals surface area contributed by atoms with E-state index >= 15 is 0 Å². The summed E-state index contributed by atoms with van der Waals surface area (Å²) in [4.78, 5) is 11.4. The molecule has 0 spiro atoms. The Balaban J connectivity index is 1.99. The van der Waals surface area contributed by atoms with Crippen LogP contribution in [0.15, 0.2) is 54.7 Å². The molecule has 4 rings (SSSR count). The normalized spacial score (nSPS) is 12.2. The van der Waals surface area contributed by atoms with E-state index in [1.165, 1.54) is 0 Å². The molecule has 0 bridgehead atoms. The smallest absolute Gasteiger partial charge is 0.157 e. The highest BCUT2D eigenvalue weighted by atomic mass is 15.2. The van der Waals surface area contributed by atoms with Crippen molar-refractivity contribution in [2.45, 2.75) is 19.9 Å². The second kappa shape index (κ2) is 6.16. The molecule has 3 aromatic heterocycles. The van der Waals surface area contributed by atoms with Crippen LogP contribution in [-0.4, -0.2) is 21.4 Å². The summed E-state index contributed by atoms with van der Waals surface area (Å²) in [6.45, 7) is 4.08. The van der Waals surface area contributed by atoms with Crippen molar-refractivity contribution in [3.05, 3.63) is 71.5 Å². The average molecular weight is 341 g/mol. The fourth-order valence-corrected chi connectivity index (χ4v) is 3.35. The van der Waals surface area contributed by atoms with E-state index in [2.05, 4.69) is 33.3 Å². The van der Waals surface area contributed by atoms with Crippen molar-refractivity contribution in [1.29, 1.82) is 5.26 Å². The van der Waals surface area contributed by atoms with Crippen LogP contribution in [0.4, 0.5) is 5.82 Å². The molecule has 0 N–H and O–H groups in total. The van der Waals surface area contributed by atoms with Gasteiger partial charge in [0.1, 0.15) is 11.9 Å². The van der Waals surface area contributed by atoms with Crippen molar-refractivity contribution in [2.24, 2.45) is 0 Å². The fraction of sp³-hybridized carbons (Fsp3) is 0.190. The van der Waals surface area contributed by atoms with Gasteiger partial charge in [0.25, 0.3) is 0 Å². The van der Waals surface area contributed by atoms with E-state index in [9.17, 15) is 5.26 Å². The van der Waals surface area contributed by atoms with Crippen LogP contribution in [-0.2, 0) is 0 Å². The molecular weight excluding hydrogens is 322 g/mol. The number of fused-ring (bicyclic) bond motifs is 3. The summed E-state index contributed by atoms with van der Waals surface area (Å²) in [5.41, 5.74) is 5.11. The van der Waals surface area contributed by atoms with Gasteiger partial charge in [0, 0.05) is 13.2 Å². The van der Waals surface area contributed by atoms with Gasteiger partial charge in [-0.25, -0.2) is 4.98 Å². The van der Waals surface area contributed by atoms with Crippen LogP contribution < -0.4 is 4.90 Å². The van der Waals surface area contributed by atoms with Crippen molar-refractivity contribution in [2.75, 3.05) is 11.9 Å². The van der Waals surface area contributed by atoms with Gasteiger partial charge in [-0.2, -0.15) is 5.26 Å². The van der Waals surface area contributed by atoms with Gasteiger partial charge < -0.3 is 4.90 Å². The van der Waals surface area contributed by atoms with E-state index in [-0.39, 0.29) is 6.04 Å². The Bertz CT molecular complexity index is 1140. The Morgan fingerprint density at radius 2 is 1.92 bits per heavy atom. The number of para-hydroxylation sites is 2. The Morgan fingerprint density at radius 1 is 1.15 bits per heavy atom. The lowest BCUT2D eigenvalue weighted by Gasteiger charge is -2.28. The summed E-state index contributed by atoms with van der Waals surface area (Å²) in [6, 6.07) is 18.4. The molecule has 5 heteroatoms. The molecule has 0 saturated carbocycles. The Labute approximate surface area is 152 Å². The number of anilines is 1. The first-order valence-corrected chi connectivity index (χ1v) is 8.56. The predicted molar refractivity (Wildman–Crippen MR) is 103 cm³/mol. The third-order valence-electron chi connectivity index (χ3n) is 4.92. The number of aromatic nitrogens is 3. The van der Waals surface area contributed by atoms with Crippen LogP contribution in [0.25, 0.3) is 16.7 Å². The molecule has 1 atom stereocenters. The summed E-state index contributed by atoms with van der Waals surface area (Å²) >= 11 is 0. The summed E-state index contributed by atoms with van der Waals surface area (Å²) < 4.78 is 2.07. The standard InChI is InChI=1S/C21H19N5/c1-14-12-20(25(3)15(2)17-8-6-7-11-23-17)26-19-10-5-4-9-18(19)24-21(26)16(14)13-22/h4-12,15H,1-3H3. The summed E-state index contributed by atoms with van der Waals surface area (Å²) in [6.07, 6.45) is 1.81. The first kappa shape index (κ1) is 16.1. The average Bonchev–Trinajstić information content (AvgIpc) is 3.06. The number of nitriles is 1. The zero-order valence-electron chi connectivity index (χ0n) is 15.0. The molecule has 3 heterocycles. The monoisotopic (exact) mass is 341 g/mol. The van der Waals surface area contributed by atoms with Gasteiger partial charge in [-0.1, -0.05) is 18.2 Å². The molecule has 0 saturated heterocycles. The molecule has 0 aliphatic rings. The Morgan fingerprint density at radius 3 is 2.65 bits per heavy atom. The molecule has 26 heavy (non-hydrogen) atoms. The van der Waals surface area contributed by atoms with Gasteiger partial charge in [0.05, 0.1) is 28.3 Å². The van der Waals surface area contributed by atoms with Gasteiger partial charge in [-0.15, -0.1) is 0 Å². The van der Waals surface area contributed by atoms with E-state index in [0.29, 0.717) is 11.2 Å². The highest BCUT2D eigenvalue weighted by molar-refractivity contribution is 5.85. The van der Waals surface area contributed by atoms with E-state index in [0.717, 1.165) is 28.1 Å². The fourth-order valence-electron chi connectivity index (χ4n) is 3.35. The third kappa shape index (κ3) is 2.39. The minimum Gasteiger partial charge on any atom is -0.352 e. The third-order valence-corrected chi connectivity index (χ3v) is 4.92. The SMILES string of the molecule is Cc1cc(N(C)C(C)c2ccccn2)n2c(nc3ccccc32)c1C#N. The van der Waals surface area contributed by atoms with Gasteiger partial charge in [0.15, 0.2) is 5.65 Å². The number of nitrogens with zero attached hydrogens (tertiary/aromatic N) is 5. The van der Waals surface area contributed by atoms with Crippen LogP contribution in [0.5, 0.6) is 0 Å². The van der Waals surface area contributed by atoms with Crippen LogP contribution >= 0.6 is 0 Å². The molecule has 4 aromatic rings. The minimum absolute atomic E-state index is 0.0768. The first-order chi connectivity index (χ1) is 12.6. The van der Waals surface area contributed by atoms with Gasteiger partial charge in [0.2, 0.25) is 0 Å². The highest BCUT2D eigenvalue weighted by Crippen LogP contribution is 2.31. The Hall–Kier alpha value is -3.39. The number of aryl methyl sites for hydroxylation is 1. The van der Waals surface area contributed by atoms with E-state index < -0.39 is 0 Å². The van der Waals surface area contributed by atoms with E-state index in [4.69, 9.17) is 4.98 Å². The lowest BCUT2D eigenvalue weighted by Crippen LogP contribution is -2.24. The number of imidazole rings is 1. The number of benzene rings is 1. The zero-order chi connectivity index (χ0) is 18.3. The summed E-state index contributed by atoms with van der Waals surface area (Å²) in [5.74, 6) is 0.989. The number of pyridine rings is 2. The van der Waals surface area contributed by atoms with Crippen molar-refractivity contribution in [3.8, 4) is 6.07 Å². The van der Waals surface area contributed by atoms with E-state index in [1.807, 2.05) is 62.6 Å². The number of hydrogen-bond donors (Lipinski definition) is 0. The minimum atomic E-state index is 0.0768.